The van der Waals surface area contributed by atoms with E-state index in [9.17, 15) is 27.6 Å². The van der Waals surface area contributed by atoms with E-state index >= 15 is 0 Å². The number of fused-ring (bicyclic) bond motifs is 1. The second-order valence-corrected chi connectivity index (χ2v) is 16.1. The summed E-state index contributed by atoms with van der Waals surface area (Å²) in [5.74, 6) is -0.528. The fourth-order valence-electron chi connectivity index (χ4n) is 7.77. The summed E-state index contributed by atoms with van der Waals surface area (Å²) < 4.78 is 32.3. The van der Waals surface area contributed by atoms with Crippen LogP contribution in [0.3, 0.4) is 0 Å². The molecule has 1 atom stereocenters. The van der Waals surface area contributed by atoms with Crippen molar-refractivity contribution in [1.29, 1.82) is 0 Å². The van der Waals surface area contributed by atoms with Crippen molar-refractivity contribution in [3.63, 3.8) is 0 Å². The summed E-state index contributed by atoms with van der Waals surface area (Å²) in [6, 6.07) is 5.34. The van der Waals surface area contributed by atoms with Crippen molar-refractivity contribution in [2.45, 2.75) is 95.6 Å². The minimum Gasteiger partial charge on any atom is -0.343 e. The Balaban J connectivity index is 0.876. The van der Waals surface area contributed by atoms with Gasteiger partial charge >= 0.3 is 5.69 Å². The topological polar surface area (TPSA) is 160 Å². The third-order valence-electron chi connectivity index (χ3n) is 10.9. The standard InChI is InChI=1S/C33H49N7O6S/c1-36-28-21-24(9-10-26(28)40(32(36)44)27-11-12-29(41)35-31(27)43)7-5-3-2-4-6-8-30(42)37-19-15-33(16-20-37)22-39(23-33)47(45,46)38-17-13-25(34)14-18-38/h9-10,21,25,27H,2-8,11-20,22-23,34H2,1H3,(H,35,41,43). The first-order valence-electron chi connectivity index (χ1n) is 17.3. The molecule has 13 nitrogen and oxygen atoms in total. The highest BCUT2D eigenvalue weighted by atomic mass is 32.2. The normalized spacial score (nSPS) is 22.9. The van der Waals surface area contributed by atoms with Gasteiger partial charge < -0.3 is 10.6 Å². The highest BCUT2D eigenvalue weighted by Crippen LogP contribution is 2.42. The summed E-state index contributed by atoms with van der Waals surface area (Å²) in [7, 11) is -1.70. The van der Waals surface area contributed by atoms with Crippen LogP contribution in [0.4, 0.5) is 0 Å². The van der Waals surface area contributed by atoms with Crippen LogP contribution in [0.25, 0.3) is 11.0 Å². The van der Waals surface area contributed by atoms with Gasteiger partial charge in [-0.3, -0.25) is 28.8 Å². The minimum atomic E-state index is -3.41. The highest BCUT2D eigenvalue weighted by molar-refractivity contribution is 7.86. The van der Waals surface area contributed by atoms with E-state index in [0.29, 0.717) is 70.5 Å². The quantitative estimate of drug-likeness (QED) is 0.272. The molecule has 1 aromatic carbocycles. The molecule has 1 spiro atoms. The van der Waals surface area contributed by atoms with E-state index in [2.05, 4.69) is 5.32 Å². The van der Waals surface area contributed by atoms with Gasteiger partial charge in [-0.15, -0.1) is 0 Å². The SMILES string of the molecule is Cn1c(=O)n(C2CCC(=O)NC2=O)c2ccc(CCCCCCCC(=O)N3CCC4(CC3)CN(S(=O)(=O)N3CCC(N)CC3)C4)cc21. The number of amides is 3. The van der Waals surface area contributed by atoms with Gasteiger partial charge in [0, 0.05) is 70.6 Å². The first kappa shape index (κ1) is 33.8. The lowest BCUT2D eigenvalue weighted by atomic mass is 9.73. The minimum absolute atomic E-state index is 0.00670. The predicted octanol–water partition coefficient (Wildman–Crippen LogP) is 1.79. The van der Waals surface area contributed by atoms with Crippen LogP contribution in [0.15, 0.2) is 23.0 Å². The molecule has 47 heavy (non-hydrogen) atoms. The lowest BCUT2D eigenvalue weighted by Crippen LogP contribution is -2.64. The molecule has 5 heterocycles. The van der Waals surface area contributed by atoms with Gasteiger partial charge in [0.05, 0.1) is 11.0 Å². The van der Waals surface area contributed by atoms with Crippen LogP contribution in [-0.2, 0) is 38.1 Å². The maximum atomic E-state index is 13.0. The number of carbonyl (C=O) groups excluding carboxylic acids is 3. The van der Waals surface area contributed by atoms with Crippen molar-refractivity contribution < 1.29 is 22.8 Å². The Hall–Kier alpha value is -3.07. The van der Waals surface area contributed by atoms with Gasteiger partial charge in [0.1, 0.15) is 6.04 Å². The number of nitrogens with zero attached hydrogens (tertiary/aromatic N) is 5. The van der Waals surface area contributed by atoms with E-state index in [-0.39, 0.29) is 35.4 Å². The zero-order valence-corrected chi connectivity index (χ0v) is 28.3. The third-order valence-corrected chi connectivity index (χ3v) is 12.8. The molecule has 1 aromatic heterocycles. The number of rotatable bonds is 11. The number of benzene rings is 1. The van der Waals surface area contributed by atoms with Crippen molar-refractivity contribution >= 4 is 39.0 Å². The van der Waals surface area contributed by atoms with Crippen molar-refractivity contribution in [2.75, 3.05) is 39.3 Å². The van der Waals surface area contributed by atoms with Crippen molar-refractivity contribution in [2.24, 2.45) is 18.2 Å². The molecule has 4 aliphatic rings. The van der Waals surface area contributed by atoms with Crippen LogP contribution in [-0.4, -0.2) is 94.1 Å². The molecule has 3 N–H and O–H groups in total. The molecule has 4 fully saturated rings. The Kier molecular flexibility index (Phi) is 9.94. The van der Waals surface area contributed by atoms with Gasteiger partial charge in [-0.2, -0.15) is 17.0 Å². The molecule has 258 valence electrons. The number of nitrogens with one attached hydrogen (secondary N) is 1. The van der Waals surface area contributed by atoms with E-state index in [0.717, 1.165) is 62.4 Å². The van der Waals surface area contributed by atoms with Crippen LogP contribution >= 0.6 is 0 Å². The van der Waals surface area contributed by atoms with E-state index < -0.39 is 22.2 Å². The molecule has 1 unspecified atom stereocenters. The number of aromatic nitrogens is 2. The number of hydrogen-bond donors (Lipinski definition) is 2. The van der Waals surface area contributed by atoms with Gasteiger partial charge in [0.2, 0.25) is 17.7 Å². The third kappa shape index (κ3) is 7.06. The summed E-state index contributed by atoms with van der Waals surface area (Å²) in [5, 5.41) is 2.34. The average molecular weight is 672 g/mol. The zero-order chi connectivity index (χ0) is 33.3. The Labute approximate surface area is 276 Å². The Morgan fingerprint density at radius 1 is 0.915 bits per heavy atom. The maximum Gasteiger partial charge on any atom is 0.329 e. The highest BCUT2D eigenvalue weighted by Gasteiger charge is 2.51. The number of nitrogens with two attached hydrogens (primary N) is 1. The molecule has 3 amide bonds. The first-order valence-corrected chi connectivity index (χ1v) is 18.7. The van der Waals surface area contributed by atoms with E-state index in [4.69, 9.17) is 5.73 Å². The summed E-state index contributed by atoms with van der Waals surface area (Å²) in [4.78, 5) is 51.8. The number of carbonyl (C=O) groups is 3. The van der Waals surface area contributed by atoms with E-state index in [1.807, 2.05) is 23.1 Å². The Morgan fingerprint density at radius 3 is 2.30 bits per heavy atom. The first-order chi connectivity index (χ1) is 22.5. The fraction of sp³-hybridized carbons (Fsp3) is 0.697. The van der Waals surface area contributed by atoms with Gasteiger partial charge in [-0.25, -0.2) is 4.79 Å². The number of aryl methyl sites for hydroxylation is 2. The lowest BCUT2D eigenvalue weighted by Gasteiger charge is -2.54. The number of unbranched alkanes of at least 4 members (excludes halogenated alkanes) is 4. The van der Waals surface area contributed by atoms with Crippen LogP contribution in [0.5, 0.6) is 0 Å². The monoisotopic (exact) mass is 671 g/mol. The summed E-state index contributed by atoms with van der Waals surface area (Å²) in [5.41, 5.74) is 8.30. The van der Waals surface area contributed by atoms with Crippen LogP contribution < -0.4 is 16.7 Å². The molecule has 6 rings (SSSR count). The molecule has 4 aliphatic heterocycles. The average Bonchev–Trinajstić information content (AvgIpc) is 3.28. The molecule has 2 aromatic rings. The number of likely N-dealkylation sites (tertiary alicyclic amines) is 1. The van der Waals surface area contributed by atoms with E-state index in [1.165, 1.54) is 4.57 Å². The Bertz CT molecular complexity index is 1660. The van der Waals surface area contributed by atoms with Gasteiger partial charge in [-0.05, 0) is 69.1 Å². The molecule has 14 heteroatoms. The molecule has 0 aliphatic carbocycles. The molecular weight excluding hydrogens is 622 g/mol. The van der Waals surface area contributed by atoms with Crippen molar-refractivity contribution in [1.82, 2.24) is 28.0 Å². The predicted molar refractivity (Wildman–Crippen MR) is 178 cm³/mol. The van der Waals surface area contributed by atoms with Gasteiger partial charge in [-0.1, -0.05) is 25.3 Å². The Morgan fingerprint density at radius 2 is 1.60 bits per heavy atom. The van der Waals surface area contributed by atoms with Gasteiger partial charge in [0.25, 0.3) is 10.2 Å². The maximum absolute atomic E-state index is 13.0. The van der Waals surface area contributed by atoms with Gasteiger partial charge in [0.15, 0.2) is 0 Å². The molecule has 0 radical (unpaired) electrons. The second-order valence-electron chi connectivity index (χ2n) is 14.2. The van der Waals surface area contributed by atoms with Crippen LogP contribution in [0.1, 0.15) is 88.7 Å². The van der Waals surface area contributed by atoms with Crippen molar-refractivity contribution in [3.05, 3.63) is 34.2 Å². The zero-order valence-electron chi connectivity index (χ0n) is 27.5. The molecule has 0 saturated carbocycles. The number of imide groups is 1. The largest absolute Gasteiger partial charge is 0.343 e. The summed E-state index contributed by atoms with van der Waals surface area (Å²) in [6.07, 6.45) is 10.1. The second kappa shape index (κ2) is 13.8. The summed E-state index contributed by atoms with van der Waals surface area (Å²) >= 11 is 0. The van der Waals surface area contributed by atoms with Crippen molar-refractivity contribution in [3.8, 4) is 0 Å². The lowest BCUT2D eigenvalue weighted by molar-refractivity contribution is -0.136. The molecule has 4 saturated heterocycles. The number of hydrogen-bond acceptors (Lipinski definition) is 7. The summed E-state index contributed by atoms with van der Waals surface area (Å²) in [6.45, 7) is 3.53. The van der Waals surface area contributed by atoms with E-state index in [1.54, 1.807) is 20.2 Å². The number of imidazole rings is 1. The fourth-order valence-corrected chi connectivity index (χ4v) is 9.64. The van der Waals surface area contributed by atoms with Crippen LogP contribution in [0, 0.1) is 5.41 Å². The number of piperidine rings is 3. The smallest absolute Gasteiger partial charge is 0.329 e. The molecular formula is C33H49N7O6S. The van der Waals surface area contributed by atoms with Crippen LogP contribution in [0.2, 0.25) is 0 Å². The molecule has 0 bridgehead atoms.